The number of aromatic nitrogens is 1. The van der Waals surface area contributed by atoms with Gasteiger partial charge in [-0.05, 0) is 11.6 Å². The van der Waals surface area contributed by atoms with Gasteiger partial charge in [0.05, 0.1) is 11.4 Å². The van der Waals surface area contributed by atoms with Crippen molar-refractivity contribution in [3.8, 4) is 11.1 Å². The number of nitrogens with one attached hydrogen (secondary N) is 1. The molecule has 1 N–H and O–H groups in total. The fraction of sp³-hybridized carbons (Fsp3) is 0.267. The minimum Gasteiger partial charge on any atom is -0.383 e. The van der Waals surface area contributed by atoms with E-state index in [9.17, 15) is 0 Å². The van der Waals surface area contributed by atoms with Gasteiger partial charge in [-0.3, -0.25) is 4.98 Å². The lowest BCUT2D eigenvalue weighted by molar-refractivity contribution is 0.569. The van der Waals surface area contributed by atoms with E-state index in [4.69, 9.17) is 0 Å². The molecule has 3 rings (SSSR count). The number of hydrogen-bond acceptors (Lipinski definition) is 2. The standard InChI is InChI=1S/C15H16N2/c1-15(2)10-17-13-8-12(9-16-14(13)15)11-6-4-3-5-7-11/h3-9,17H,10H2,1-2H3. The van der Waals surface area contributed by atoms with Crippen LogP contribution in [0.25, 0.3) is 11.1 Å². The summed E-state index contributed by atoms with van der Waals surface area (Å²) in [5.41, 5.74) is 4.89. The molecular weight excluding hydrogens is 208 g/mol. The highest BCUT2D eigenvalue weighted by atomic mass is 15.0. The molecule has 1 aromatic carbocycles. The Hall–Kier alpha value is -1.83. The molecule has 2 heteroatoms. The highest BCUT2D eigenvalue weighted by Crippen LogP contribution is 2.36. The first-order valence-corrected chi connectivity index (χ1v) is 5.97. The monoisotopic (exact) mass is 224 g/mol. The minimum atomic E-state index is 0.143. The van der Waals surface area contributed by atoms with E-state index in [-0.39, 0.29) is 5.41 Å². The minimum absolute atomic E-state index is 0.143. The summed E-state index contributed by atoms with van der Waals surface area (Å²) in [6.45, 7) is 5.41. The van der Waals surface area contributed by atoms with Crippen molar-refractivity contribution in [3.05, 3.63) is 48.3 Å². The molecule has 0 unspecified atom stereocenters. The Morgan fingerprint density at radius 1 is 1.12 bits per heavy atom. The zero-order chi connectivity index (χ0) is 11.9. The number of rotatable bonds is 1. The Labute approximate surface area is 102 Å². The molecule has 0 atom stereocenters. The van der Waals surface area contributed by atoms with Gasteiger partial charge in [0.25, 0.3) is 0 Å². The first-order valence-electron chi connectivity index (χ1n) is 5.97. The molecular formula is C15H16N2. The molecule has 2 heterocycles. The van der Waals surface area contributed by atoms with Gasteiger partial charge in [-0.15, -0.1) is 0 Å². The molecule has 17 heavy (non-hydrogen) atoms. The van der Waals surface area contributed by atoms with Crippen LogP contribution in [0.3, 0.4) is 0 Å². The zero-order valence-electron chi connectivity index (χ0n) is 10.2. The van der Waals surface area contributed by atoms with Crippen LogP contribution >= 0.6 is 0 Å². The SMILES string of the molecule is CC1(C)CNc2cc(-c3ccccc3)cnc21. The van der Waals surface area contributed by atoms with E-state index in [0.717, 1.165) is 6.54 Å². The van der Waals surface area contributed by atoms with Crippen molar-refractivity contribution < 1.29 is 0 Å². The molecule has 2 nitrogen and oxygen atoms in total. The second kappa shape index (κ2) is 3.59. The van der Waals surface area contributed by atoms with Crippen LogP contribution in [0.15, 0.2) is 42.6 Å². The third-order valence-electron chi connectivity index (χ3n) is 3.36. The summed E-state index contributed by atoms with van der Waals surface area (Å²) in [6, 6.07) is 12.6. The molecule has 0 aliphatic carbocycles. The van der Waals surface area contributed by atoms with Crippen molar-refractivity contribution in [2.24, 2.45) is 0 Å². The molecule has 0 saturated heterocycles. The first-order chi connectivity index (χ1) is 8.17. The molecule has 1 aliphatic heterocycles. The van der Waals surface area contributed by atoms with Crippen LogP contribution in [0.4, 0.5) is 5.69 Å². The molecule has 0 radical (unpaired) electrons. The Kier molecular flexibility index (Phi) is 2.18. The number of hydrogen-bond donors (Lipinski definition) is 1. The molecule has 0 spiro atoms. The van der Waals surface area contributed by atoms with Crippen molar-refractivity contribution in [1.82, 2.24) is 4.98 Å². The van der Waals surface area contributed by atoms with E-state index in [1.807, 2.05) is 12.3 Å². The smallest absolute Gasteiger partial charge is 0.0708 e. The average molecular weight is 224 g/mol. The third-order valence-corrected chi connectivity index (χ3v) is 3.36. The normalized spacial score (nSPS) is 16.4. The maximum Gasteiger partial charge on any atom is 0.0708 e. The van der Waals surface area contributed by atoms with Gasteiger partial charge >= 0.3 is 0 Å². The summed E-state index contributed by atoms with van der Waals surface area (Å²) in [6.07, 6.45) is 1.98. The highest BCUT2D eigenvalue weighted by molar-refractivity contribution is 5.70. The second-order valence-electron chi connectivity index (χ2n) is 5.22. The fourth-order valence-corrected chi connectivity index (χ4v) is 2.33. The Morgan fingerprint density at radius 3 is 2.65 bits per heavy atom. The van der Waals surface area contributed by atoms with Crippen LogP contribution in [0.1, 0.15) is 19.5 Å². The molecule has 1 aromatic heterocycles. The quantitative estimate of drug-likeness (QED) is 0.802. The van der Waals surface area contributed by atoms with Crippen LogP contribution in [0.2, 0.25) is 0 Å². The largest absolute Gasteiger partial charge is 0.383 e. The maximum atomic E-state index is 4.63. The number of fused-ring (bicyclic) bond motifs is 1. The average Bonchev–Trinajstić information content (AvgIpc) is 2.66. The first kappa shape index (κ1) is 10.3. The molecule has 0 fully saturated rings. The molecule has 0 saturated carbocycles. The van der Waals surface area contributed by atoms with Gasteiger partial charge < -0.3 is 5.32 Å². The fourth-order valence-electron chi connectivity index (χ4n) is 2.33. The molecule has 1 aliphatic rings. The molecule has 86 valence electrons. The highest BCUT2D eigenvalue weighted by Gasteiger charge is 2.31. The maximum absolute atomic E-state index is 4.63. The number of benzene rings is 1. The van der Waals surface area contributed by atoms with E-state index in [0.29, 0.717) is 0 Å². The van der Waals surface area contributed by atoms with Gasteiger partial charge in [-0.1, -0.05) is 44.2 Å². The molecule has 0 bridgehead atoms. The summed E-state index contributed by atoms with van der Waals surface area (Å²) in [5, 5.41) is 3.44. The van der Waals surface area contributed by atoms with Gasteiger partial charge in [0.1, 0.15) is 0 Å². The Morgan fingerprint density at radius 2 is 1.88 bits per heavy atom. The zero-order valence-corrected chi connectivity index (χ0v) is 10.2. The topological polar surface area (TPSA) is 24.9 Å². The predicted octanol–water partition coefficient (Wildman–Crippen LogP) is 3.45. The summed E-state index contributed by atoms with van der Waals surface area (Å²) in [5.74, 6) is 0. The van der Waals surface area contributed by atoms with Crippen molar-refractivity contribution >= 4 is 5.69 Å². The van der Waals surface area contributed by atoms with Crippen molar-refractivity contribution in [2.45, 2.75) is 19.3 Å². The van der Waals surface area contributed by atoms with Gasteiger partial charge in [0.15, 0.2) is 0 Å². The van der Waals surface area contributed by atoms with Gasteiger partial charge in [0, 0.05) is 23.7 Å². The van der Waals surface area contributed by atoms with E-state index in [2.05, 4.69) is 54.5 Å². The van der Waals surface area contributed by atoms with E-state index < -0.39 is 0 Å². The number of nitrogens with zero attached hydrogens (tertiary/aromatic N) is 1. The number of anilines is 1. The van der Waals surface area contributed by atoms with Crippen molar-refractivity contribution in [1.29, 1.82) is 0 Å². The van der Waals surface area contributed by atoms with Crippen LogP contribution < -0.4 is 5.32 Å². The van der Waals surface area contributed by atoms with E-state index in [1.165, 1.54) is 22.5 Å². The summed E-state index contributed by atoms with van der Waals surface area (Å²) in [7, 11) is 0. The van der Waals surface area contributed by atoms with Gasteiger partial charge in [-0.2, -0.15) is 0 Å². The van der Waals surface area contributed by atoms with Crippen molar-refractivity contribution in [2.75, 3.05) is 11.9 Å². The summed E-state index contributed by atoms with van der Waals surface area (Å²) < 4.78 is 0. The molecule has 0 amide bonds. The van der Waals surface area contributed by atoms with Crippen LogP contribution in [0, 0.1) is 0 Å². The second-order valence-corrected chi connectivity index (χ2v) is 5.22. The summed E-state index contributed by atoms with van der Waals surface area (Å²) >= 11 is 0. The number of pyridine rings is 1. The van der Waals surface area contributed by atoms with Crippen LogP contribution in [-0.2, 0) is 5.41 Å². The lowest BCUT2D eigenvalue weighted by atomic mass is 9.91. The lowest BCUT2D eigenvalue weighted by Gasteiger charge is -2.15. The lowest BCUT2D eigenvalue weighted by Crippen LogP contribution is -2.19. The van der Waals surface area contributed by atoms with Gasteiger partial charge in [-0.25, -0.2) is 0 Å². The summed E-state index contributed by atoms with van der Waals surface area (Å²) in [4.78, 5) is 4.63. The van der Waals surface area contributed by atoms with E-state index in [1.54, 1.807) is 0 Å². The third kappa shape index (κ3) is 1.70. The van der Waals surface area contributed by atoms with E-state index >= 15 is 0 Å². The van der Waals surface area contributed by atoms with Crippen molar-refractivity contribution in [3.63, 3.8) is 0 Å². The Balaban J connectivity index is 2.07. The van der Waals surface area contributed by atoms with Gasteiger partial charge in [0.2, 0.25) is 0 Å². The van der Waals surface area contributed by atoms with Crippen LogP contribution in [-0.4, -0.2) is 11.5 Å². The van der Waals surface area contributed by atoms with Crippen LogP contribution in [0.5, 0.6) is 0 Å². The predicted molar refractivity (Wildman–Crippen MR) is 71.2 cm³/mol. The molecule has 2 aromatic rings. The Bertz CT molecular complexity index is 544.